The van der Waals surface area contributed by atoms with Crippen LogP contribution in [-0.2, 0) is 0 Å². The summed E-state index contributed by atoms with van der Waals surface area (Å²) < 4.78 is 0. The van der Waals surface area contributed by atoms with Crippen LogP contribution in [0.15, 0.2) is 0 Å². The summed E-state index contributed by atoms with van der Waals surface area (Å²) in [5.41, 5.74) is -0.385. The van der Waals surface area contributed by atoms with Gasteiger partial charge in [-0.3, -0.25) is 4.90 Å². The predicted octanol–water partition coefficient (Wildman–Crippen LogP) is 0.991. The fraction of sp³-hybridized carbons (Fsp3) is 0.900. The van der Waals surface area contributed by atoms with E-state index in [2.05, 4.69) is 11.0 Å². The van der Waals surface area contributed by atoms with Crippen molar-refractivity contribution in [3.63, 3.8) is 0 Å². The van der Waals surface area contributed by atoms with Crippen LogP contribution in [0.2, 0.25) is 0 Å². The Hall–Kier alpha value is -0.590. The Morgan fingerprint density at radius 2 is 2.23 bits per heavy atom. The zero-order chi connectivity index (χ0) is 10.1. The summed E-state index contributed by atoms with van der Waals surface area (Å²) in [7, 11) is 0. The highest BCUT2D eigenvalue weighted by atomic mass is 16.3. The Morgan fingerprint density at radius 3 is 2.62 bits per heavy atom. The van der Waals surface area contributed by atoms with Gasteiger partial charge in [-0.05, 0) is 33.1 Å². The summed E-state index contributed by atoms with van der Waals surface area (Å²) in [5.74, 6) is 0.340. The topological polar surface area (TPSA) is 47.3 Å². The first-order chi connectivity index (χ1) is 5.97. The van der Waals surface area contributed by atoms with E-state index >= 15 is 0 Å². The van der Waals surface area contributed by atoms with E-state index in [1.165, 1.54) is 0 Å². The van der Waals surface area contributed by atoms with Crippen LogP contribution >= 0.6 is 0 Å². The lowest BCUT2D eigenvalue weighted by Crippen LogP contribution is -2.41. The van der Waals surface area contributed by atoms with E-state index in [-0.39, 0.29) is 11.6 Å². The number of aliphatic hydroxyl groups is 1. The highest BCUT2D eigenvalue weighted by molar-refractivity contribution is 5.04. The first-order valence-electron chi connectivity index (χ1n) is 4.82. The van der Waals surface area contributed by atoms with Gasteiger partial charge in [-0.25, -0.2) is 0 Å². The second-order valence-corrected chi connectivity index (χ2v) is 4.41. The van der Waals surface area contributed by atoms with Crippen molar-refractivity contribution >= 4 is 0 Å². The molecule has 1 fully saturated rings. The predicted molar refractivity (Wildman–Crippen MR) is 51.1 cm³/mol. The molecule has 1 aliphatic rings. The molecule has 0 aromatic rings. The molecule has 0 spiro atoms. The average Bonchev–Trinajstić information content (AvgIpc) is 2.52. The Labute approximate surface area is 80.0 Å². The minimum absolute atomic E-state index is 0.250. The standard InChI is InChI=1S/C10H18N2O/c1-8(13)9-4-5-12(6-9)10(2,3)7-11/h8-9,13H,4-6H2,1-3H3. The summed E-state index contributed by atoms with van der Waals surface area (Å²) in [6, 6.07) is 2.29. The Balaban J connectivity index is 2.56. The molecule has 13 heavy (non-hydrogen) atoms. The van der Waals surface area contributed by atoms with Gasteiger partial charge in [0.1, 0.15) is 5.54 Å². The highest BCUT2D eigenvalue weighted by Crippen LogP contribution is 2.26. The molecule has 0 aromatic carbocycles. The minimum atomic E-state index is -0.385. The molecule has 0 radical (unpaired) electrons. The van der Waals surface area contributed by atoms with Crippen molar-refractivity contribution < 1.29 is 5.11 Å². The summed E-state index contributed by atoms with van der Waals surface area (Å²) in [5, 5.41) is 18.3. The molecule has 3 nitrogen and oxygen atoms in total. The molecule has 74 valence electrons. The molecule has 1 heterocycles. The van der Waals surface area contributed by atoms with Crippen LogP contribution in [0, 0.1) is 17.2 Å². The third kappa shape index (κ3) is 2.20. The maximum absolute atomic E-state index is 9.40. The van der Waals surface area contributed by atoms with Gasteiger partial charge in [-0.1, -0.05) is 0 Å². The van der Waals surface area contributed by atoms with Crippen molar-refractivity contribution in [3.05, 3.63) is 0 Å². The number of nitriles is 1. The average molecular weight is 182 g/mol. The van der Waals surface area contributed by atoms with Crippen molar-refractivity contribution in [2.75, 3.05) is 13.1 Å². The maximum atomic E-state index is 9.40. The quantitative estimate of drug-likeness (QED) is 0.692. The molecule has 1 N–H and O–H groups in total. The van der Waals surface area contributed by atoms with E-state index in [0.717, 1.165) is 19.5 Å². The van der Waals surface area contributed by atoms with Crippen LogP contribution in [0.1, 0.15) is 27.2 Å². The van der Waals surface area contributed by atoms with Crippen molar-refractivity contribution in [1.82, 2.24) is 4.90 Å². The lowest BCUT2D eigenvalue weighted by Gasteiger charge is -2.28. The molecule has 1 rings (SSSR count). The summed E-state index contributed by atoms with van der Waals surface area (Å²) in [4.78, 5) is 2.14. The summed E-state index contributed by atoms with van der Waals surface area (Å²) in [6.07, 6.45) is 0.752. The van der Waals surface area contributed by atoms with E-state index in [9.17, 15) is 5.11 Å². The molecule has 3 heteroatoms. The SMILES string of the molecule is CC(O)C1CCN(C(C)(C)C#N)C1. The molecular formula is C10H18N2O. The fourth-order valence-corrected chi connectivity index (χ4v) is 1.76. The molecule has 0 amide bonds. The molecule has 1 aliphatic heterocycles. The first-order valence-corrected chi connectivity index (χ1v) is 4.82. The van der Waals surface area contributed by atoms with Crippen molar-refractivity contribution in [2.45, 2.75) is 38.8 Å². The van der Waals surface area contributed by atoms with Crippen LogP contribution in [0.25, 0.3) is 0 Å². The Bertz CT molecular complexity index is 217. The molecule has 0 aliphatic carbocycles. The second-order valence-electron chi connectivity index (χ2n) is 4.41. The van der Waals surface area contributed by atoms with Crippen LogP contribution in [0.4, 0.5) is 0 Å². The molecule has 1 saturated heterocycles. The number of hydrogen-bond acceptors (Lipinski definition) is 3. The first kappa shape index (κ1) is 10.5. The number of rotatable bonds is 2. The molecule has 2 unspecified atom stereocenters. The van der Waals surface area contributed by atoms with Crippen molar-refractivity contribution in [1.29, 1.82) is 5.26 Å². The van der Waals surface area contributed by atoms with Gasteiger partial charge in [0.15, 0.2) is 0 Å². The Kier molecular flexibility index (Phi) is 2.94. The third-order valence-electron chi connectivity index (χ3n) is 2.97. The molecule has 0 bridgehead atoms. The van der Waals surface area contributed by atoms with Gasteiger partial charge in [0.05, 0.1) is 12.2 Å². The van der Waals surface area contributed by atoms with E-state index in [4.69, 9.17) is 5.26 Å². The smallest absolute Gasteiger partial charge is 0.103 e. The minimum Gasteiger partial charge on any atom is -0.393 e. The zero-order valence-corrected chi connectivity index (χ0v) is 8.62. The number of aliphatic hydroxyl groups excluding tert-OH is 1. The molecule has 0 saturated carbocycles. The maximum Gasteiger partial charge on any atom is 0.103 e. The van der Waals surface area contributed by atoms with Gasteiger partial charge in [-0.15, -0.1) is 0 Å². The van der Waals surface area contributed by atoms with Crippen LogP contribution in [-0.4, -0.2) is 34.7 Å². The normalized spacial score (nSPS) is 27.2. The lowest BCUT2D eigenvalue weighted by atomic mass is 10.0. The van der Waals surface area contributed by atoms with Crippen LogP contribution in [0.3, 0.4) is 0 Å². The van der Waals surface area contributed by atoms with Gasteiger partial charge in [0.25, 0.3) is 0 Å². The van der Waals surface area contributed by atoms with Gasteiger partial charge in [-0.2, -0.15) is 5.26 Å². The third-order valence-corrected chi connectivity index (χ3v) is 2.97. The second kappa shape index (κ2) is 3.65. The van der Waals surface area contributed by atoms with E-state index in [1.54, 1.807) is 0 Å². The van der Waals surface area contributed by atoms with Crippen molar-refractivity contribution in [3.8, 4) is 6.07 Å². The summed E-state index contributed by atoms with van der Waals surface area (Å²) >= 11 is 0. The van der Waals surface area contributed by atoms with E-state index in [0.29, 0.717) is 5.92 Å². The van der Waals surface area contributed by atoms with Crippen LogP contribution < -0.4 is 0 Å². The summed E-state index contributed by atoms with van der Waals surface area (Å²) in [6.45, 7) is 7.46. The van der Waals surface area contributed by atoms with Gasteiger partial charge >= 0.3 is 0 Å². The number of nitrogens with zero attached hydrogens (tertiary/aromatic N) is 2. The molecule has 0 aromatic heterocycles. The molecular weight excluding hydrogens is 164 g/mol. The number of hydrogen-bond donors (Lipinski definition) is 1. The van der Waals surface area contributed by atoms with E-state index < -0.39 is 0 Å². The van der Waals surface area contributed by atoms with E-state index in [1.807, 2.05) is 20.8 Å². The Morgan fingerprint density at radius 1 is 1.62 bits per heavy atom. The highest BCUT2D eigenvalue weighted by Gasteiger charge is 2.34. The van der Waals surface area contributed by atoms with Crippen molar-refractivity contribution in [2.24, 2.45) is 5.92 Å². The molecule has 2 atom stereocenters. The number of likely N-dealkylation sites (tertiary alicyclic amines) is 1. The van der Waals surface area contributed by atoms with Gasteiger partial charge in [0, 0.05) is 13.1 Å². The monoisotopic (exact) mass is 182 g/mol. The largest absolute Gasteiger partial charge is 0.393 e. The fourth-order valence-electron chi connectivity index (χ4n) is 1.76. The van der Waals surface area contributed by atoms with Crippen LogP contribution in [0.5, 0.6) is 0 Å². The lowest BCUT2D eigenvalue weighted by molar-refractivity contribution is 0.117. The van der Waals surface area contributed by atoms with Gasteiger partial charge < -0.3 is 5.11 Å². The van der Waals surface area contributed by atoms with Gasteiger partial charge in [0.2, 0.25) is 0 Å². The zero-order valence-electron chi connectivity index (χ0n) is 8.62.